The molecule has 0 spiro atoms. The number of ether oxygens (including phenoxy) is 1. The second kappa shape index (κ2) is 10.5. The lowest BCUT2D eigenvalue weighted by atomic mass is 9.83. The maximum Gasteiger partial charge on any atom is 0.223 e. The first-order chi connectivity index (χ1) is 13.1. The average Bonchev–Trinajstić information content (AvgIpc) is 3.15. The molecule has 8 heteroatoms. The zero-order valence-corrected chi connectivity index (χ0v) is 16.8. The molecule has 1 fully saturated rings. The number of rotatable bonds is 7. The van der Waals surface area contributed by atoms with Gasteiger partial charge in [-0.25, -0.2) is 9.07 Å². The van der Waals surface area contributed by atoms with Gasteiger partial charge in [0.2, 0.25) is 5.91 Å². The molecule has 2 aromatic rings. The van der Waals surface area contributed by atoms with Crippen LogP contribution in [0.5, 0.6) is 0 Å². The summed E-state index contributed by atoms with van der Waals surface area (Å²) in [5.74, 6) is -0.327. The van der Waals surface area contributed by atoms with Gasteiger partial charge in [0.05, 0.1) is 18.0 Å². The summed E-state index contributed by atoms with van der Waals surface area (Å²) < 4.78 is 20.5. The predicted octanol–water partition coefficient (Wildman–Crippen LogP) is 2.97. The van der Waals surface area contributed by atoms with Gasteiger partial charge in [-0.05, 0) is 49.9 Å². The number of hydrogen-bond acceptors (Lipinski definition) is 4. The van der Waals surface area contributed by atoms with Gasteiger partial charge in [-0.2, -0.15) is 5.10 Å². The van der Waals surface area contributed by atoms with Crippen molar-refractivity contribution in [1.82, 2.24) is 15.1 Å². The zero-order valence-electron chi connectivity index (χ0n) is 16.0. The molecule has 1 aliphatic carbocycles. The number of benzene rings is 1. The Kier molecular flexibility index (Phi) is 8.41. The third-order valence-corrected chi connectivity index (χ3v) is 4.94. The Bertz CT molecular complexity index is 753. The maximum atomic E-state index is 13.0. The van der Waals surface area contributed by atoms with Crippen LogP contribution in [-0.2, 0) is 16.1 Å². The fraction of sp³-hybridized carbons (Fsp3) is 0.500. The molecule has 0 aliphatic heterocycles. The number of carbonyl (C=O) groups excluding carboxylic acids is 1. The van der Waals surface area contributed by atoms with E-state index < -0.39 is 0 Å². The van der Waals surface area contributed by atoms with Gasteiger partial charge < -0.3 is 15.8 Å². The van der Waals surface area contributed by atoms with Crippen molar-refractivity contribution in [1.29, 1.82) is 0 Å². The molecule has 1 heterocycles. The Hall–Kier alpha value is -1.96. The summed E-state index contributed by atoms with van der Waals surface area (Å²) in [5.41, 5.74) is 7.78. The van der Waals surface area contributed by atoms with E-state index >= 15 is 0 Å². The van der Waals surface area contributed by atoms with Gasteiger partial charge in [-0.1, -0.05) is 6.92 Å². The first-order valence-corrected chi connectivity index (χ1v) is 9.51. The molecule has 3 rings (SSSR count). The van der Waals surface area contributed by atoms with Gasteiger partial charge in [0.25, 0.3) is 0 Å². The van der Waals surface area contributed by atoms with Crippen LogP contribution >= 0.6 is 12.4 Å². The Morgan fingerprint density at radius 3 is 2.82 bits per heavy atom. The average molecular weight is 411 g/mol. The zero-order chi connectivity index (χ0) is 19.2. The van der Waals surface area contributed by atoms with Crippen LogP contribution in [0.15, 0.2) is 36.7 Å². The summed E-state index contributed by atoms with van der Waals surface area (Å²) in [4.78, 5) is 12.5. The fourth-order valence-electron chi connectivity index (χ4n) is 3.37. The van der Waals surface area contributed by atoms with Gasteiger partial charge >= 0.3 is 0 Å². The molecule has 1 aliphatic rings. The van der Waals surface area contributed by atoms with Crippen molar-refractivity contribution >= 4 is 18.3 Å². The normalized spacial score (nSPS) is 21.8. The third-order valence-electron chi connectivity index (χ3n) is 4.94. The molecule has 0 unspecified atom stereocenters. The standard InChI is InChI=1S/C20H27FN4O2.ClH/c1-2-9-27-19-10-15(3-8-18(19)22)20(26)23-11-14-12-24-25(13-14)17-6-4-16(21)5-7-17;/h4-7,12-13,15,18-19H,2-3,8-11,22H2,1H3,(H,23,26);1H/t15-,18+,19+;/m0./s1. The van der Waals surface area contributed by atoms with E-state index in [4.69, 9.17) is 10.5 Å². The molecule has 154 valence electrons. The molecular formula is C20H28ClFN4O2. The largest absolute Gasteiger partial charge is 0.377 e. The second-order valence-electron chi connectivity index (χ2n) is 7.07. The summed E-state index contributed by atoms with van der Waals surface area (Å²) in [6, 6.07) is 6.11. The molecule has 28 heavy (non-hydrogen) atoms. The fourth-order valence-corrected chi connectivity index (χ4v) is 3.37. The number of aromatic nitrogens is 2. The molecule has 3 atom stereocenters. The molecular weight excluding hydrogens is 383 g/mol. The summed E-state index contributed by atoms with van der Waals surface area (Å²) >= 11 is 0. The van der Waals surface area contributed by atoms with Crippen LogP contribution in [0.3, 0.4) is 0 Å². The number of nitrogens with zero attached hydrogens (tertiary/aromatic N) is 2. The van der Waals surface area contributed by atoms with Crippen LogP contribution in [0.25, 0.3) is 5.69 Å². The Labute approximate surface area is 171 Å². The molecule has 1 saturated carbocycles. The molecule has 1 aromatic heterocycles. The van der Waals surface area contributed by atoms with Crippen molar-refractivity contribution in [3.8, 4) is 5.69 Å². The van der Waals surface area contributed by atoms with Gasteiger partial charge in [0.1, 0.15) is 5.82 Å². The predicted molar refractivity (Wildman–Crippen MR) is 108 cm³/mol. The van der Waals surface area contributed by atoms with E-state index in [1.165, 1.54) is 12.1 Å². The van der Waals surface area contributed by atoms with Gasteiger partial charge in [0.15, 0.2) is 0 Å². The SMILES string of the molecule is CCCO[C@@H]1C[C@@H](C(=O)NCc2cnn(-c3ccc(F)cc3)c2)CC[C@H]1N.Cl. The van der Waals surface area contributed by atoms with E-state index in [0.29, 0.717) is 19.6 Å². The van der Waals surface area contributed by atoms with E-state index in [1.807, 2.05) is 6.20 Å². The van der Waals surface area contributed by atoms with Crippen LogP contribution < -0.4 is 11.1 Å². The van der Waals surface area contributed by atoms with E-state index in [0.717, 1.165) is 30.5 Å². The smallest absolute Gasteiger partial charge is 0.223 e. The maximum absolute atomic E-state index is 13.0. The molecule has 6 nitrogen and oxygen atoms in total. The minimum Gasteiger partial charge on any atom is -0.377 e. The first kappa shape index (κ1) is 22.3. The highest BCUT2D eigenvalue weighted by Gasteiger charge is 2.32. The number of nitrogens with two attached hydrogens (primary N) is 1. The van der Waals surface area contributed by atoms with Crippen LogP contribution in [0.1, 0.15) is 38.2 Å². The van der Waals surface area contributed by atoms with Crippen molar-refractivity contribution in [3.63, 3.8) is 0 Å². The number of nitrogens with one attached hydrogen (secondary N) is 1. The monoisotopic (exact) mass is 410 g/mol. The topological polar surface area (TPSA) is 82.2 Å². The number of halogens is 2. The van der Waals surface area contributed by atoms with Gasteiger partial charge in [-0.3, -0.25) is 4.79 Å². The van der Waals surface area contributed by atoms with Crippen molar-refractivity contribution in [2.45, 2.75) is 51.3 Å². The number of amides is 1. The molecule has 0 saturated heterocycles. The Morgan fingerprint density at radius 1 is 1.36 bits per heavy atom. The van der Waals surface area contributed by atoms with Crippen molar-refractivity contribution in [3.05, 3.63) is 48.0 Å². The van der Waals surface area contributed by atoms with Crippen molar-refractivity contribution in [2.24, 2.45) is 11.7 Å². The first-order valence-electron chi connectivity index (χ1n) is 9.51. The summed E-state index contributed by atoms with van der Waals surface area (Å²) in [6.45, 7) is 3.14. The Morgan fingerprint density at radius 2 is 2.11 bits per heavy atom. The van der Waals surface area contributed by atoms with Gasteiger partial charge in [0, 0.05) is 36.9 Å². The molecule has 1 aromatic carbocycles. The van der Waals surface area contributed by atoms with Crippen LogP contribution in [0.2, 0.25) is 0 Å². The van der Waals surface area contributed by atoms with Crippen LogP contribution in [-0.4, -0.2) is 34.4 Å². The van der Waals surface area contributed by atoms with E-state index in [1.54, 1.807) is 23.0 Å². The molecule has 1 amide bonds. The highest BCUT2D eigenvalue weighted by atomic mass is 35.5. The lowest BCUT2D eigenvalue weighted by Gasteiger charge is -2.33. The molecule has 0 radical (unpaired) electrons. The van der Waals surface area contributed by atoms with E-state index in [-0.39, 0.29) is 42.2 Å². The minimum atomic E-state index is -0.285. The molecule has 0 bridgehead atoms. The van der Waals surface area contributed by atoms with E-state index in [2.05, 4.69) is 17.3 Å². The van der Waals surface area contributed by atoms with Crippen LogP contribution in [0.4, 0.5) is 4.39 Å². The lowest BCUT2D eigenvalue weighted by molar-refractivity contribution is -0.128. The van der Waals surface area contributed by atoms with Gasteiger partial charge in [-0.15, -0.1) is 12.4 Å². The van der Waals surface area contributed by atoms with E-state index in [9.17, 15) is 9.18 Å². The summed E-state index contributed by atoms with van der Waals surface area (Å²) in [5, 5.41) is 7.25. The third kappa shape index (κ3) is 5.77. The number of hydrogen-bond donors (Lipinski definition) is 2. The highest BCUT2D eigenvalue weighted by Crippen LogP contribution is 2.26. The van der Waals surface area contributed by atoms with Crippen molar-refractivity contribution < 1.29 is 13.9 Å². The minimum absolute atomic E-state index is 0. The summed E-state index contributed by atoms with van der Waals surface area (Å²) in [7, 11) is 0. The highest BCUT2D eigenvalue weighted by molar-refractivity contribution is 5.85. The van der Waals surface area contributed by atoms with Crippen molar-refractivity contribution in [2.75, 3.05) is 6.61 Å². The lowest BCUT2D eigenvalue weighted by Crippen LogP contribution is -2.45. The number of carbonyl (C=O) groups is 1. The molecule has 3 N–H and O–H groups in total. The quantitative estimate of drug-likeness (QED) is 0.735. The van der Waals surface area contributed by atoms with Crippen LogP contribution in [0, 0.1) is 11.7 Å². The second-order valence-corrected chi connectivity index (χ2v) is 7.07. The Balaban J connectivity index is 0.00000280. The summed E-state index contributed by atoms with van der Waals surface area (Å²) in [6.07, 6.45) is 6.68.